The number of carbonyl (C=O) groups is 2. The summed E-state index contributed by atoms with van der Waals surface area (Å²) in [6.45, 7) is 4.44. The Hall–Kier alpha value is -4.39. The van der Waals surface area contributed by atoms with Crippen molar-refractivity contribution in [2.24, 2.45) is 5.73 Å². The molecule has 0 radical (unpaired) electrons. The van der Waals surface area contributed by atoms with E-state index in [-0.39, 0.29) is 17.5 Å². The minimum atomic E-state index is -0.407. The molecule has 1 unspecified atom stereocenters. The second-order valence-electron chi connectivity index (χ2n) is 8.92. The first-order valence-corrected chi connectivity index (χ1v) is 12.1. The van der Waals surface area contributed by atoms with E-state index in [4.69, 9.17) is 10.2 Å². The predicted octanol–water partition coefficient (Wildman–Crippen LogP) is 4.56. The Morgan fingerprint density at radius 1 is 0.833 bits per heavy atom. The first-order valence-electron chi connectivity index (χ1n) is 12.1. The number of piperazine rings is 1. The van der Waals surface area contributed by atoms with Gasteiger partial charge in [0.2, 0.25) is 11.8 Å². The van der Waals surface area contributed by atoms with E-state index in [9.17, 15) is 9.59 Å². The molecule has 0 spiro atoms. The number of oxazole rings is 1. The molecule has 4 aromatic rings. The summed E-state index contributed by atoms with van der Waals surface area (Å²) in [5.74, 6) is -0.137. The van der Waals surface area contributed by atoms with Gasteiger partial charge in [0, 0.05) is 43.0 Å². The zero-order chi connectivity index (χ0) is 25.1. The molecule has 1 saturated heterocycles. The number of anilines is 1. The van der Waals surface area contributed by atoms with Gasteiger partial charge in [-0.2, -0.15) is 0 Å². The van der Waals surface area contributed by atoms with Crippen molar-refractivity contribution in [2.45, 2.75) is 12.8 Å². The molecule has 7 nitrogen and oxygen atoms in total. The van der Waals surface area contributed by atoms with Crippen LogP contribution in [0.5, 0.6) is 0 Å². The molecule has 7 heteroatoms. The third-order valence-electron chi connectivity index (χ3n) is 6.64. The summed E-state index contributed by atoms with van der Waals surface area (Å²) in [7, 11) is 0. The number of nitrogens with zero attached hydrogens (tertiary/aromatic N) is 3. The van der Waals surface area contributed by atoms with Crippen molar-refractivity contribution in [2.75, 3.05) is 31.1 Å². The van der Waals surface area contributed by atoms with Gasteiger partial charge in [-0.25, -0.2) is 4.98 Å². The van der Waals surface area contributed by atoms with Gasteiger partial charge in [-0.15, -0.1) is 0 Å². The van der Waals surface area contributed by atoms with E-state index in [1.54, 1.807) is 6.92 Å². The number of amides is 2. The average molecular weight is 481 g/mol. The van der Waals surface area contributed by atoms with Crippen molar-refractivity contribution >= 4 is 17.5 Å². The lowest BCUT2D eigenvalue weighted by Gasteiger charge is -2.35. The van der Waals surface area contributed by atoms with E-state index < -0.39 is 5.92 Å². The number of carbonyl (C=O) groups excluding carboxylic acids is 2. The van der Waals surface area contributed by atoms with Gasteiger partial charge < -0.3 is 20.0 Å². The molecule has 1 fully saturated rings. The number of hydrogen-bond acceptors (Lipinski definition) is 5. The van der Waals surface area contributed by atoms with Crippen molar-refractivity contribution in [3.05, 3.63) is 96.2 Å². The molecule has 1 aliphatic rings. The van der Waals surface area contributed by atoms with Gasteiger partial charge in [0.25, 0.3) is 5.91 Å². The summed E-state index contributed by atoms with van der Waals surface area (Å²) < 4.78 is 6.18. The Balaban J connectivity index is 1.44. The van der Waals surface area contributed by atoms with Crippen molar-refractivity contribution in [3.63, 3.8) is 0 Å². The maximum Gasteiger partial charge on any atom is 0.276 e. The van der Waals surface area contributed by atoms with Crippen LogP contribution >= 0.6 is 0 Å². The monoisotopic (exact) mass is 480 g/mol. The standard InChI is InChI=1S/C29H28N4O3/c1-20(27(30)34)21-12-14-22(15-13-21)26-25(31-28(36-26)23-8-4-2-5-9-23)29(35)33-18-16-32(17-19-33)24-10-6-3-7-11-24/h2-15,20H,16-19H2,1H3,(H2,30,34). The highest BCUT2D eigenvalue weighted by molar-refractivity contribution is 5.98. The second kappa shape index (κ2) is 10.1. The predicted molar refractivity (Wildman–Crippen MR) is 140 cm³/mol. The fourth-order valence-electron chi connectivity index (χ4n) is 4.41. The normalized spacial score (nSPS) is 14.5. The van der Waals surface area contributed by atoms with Gasteiger partial charge in [-0.3, -0.25) is 9.59 Å². The number of benzene rings is 3. The van der Waals surface area contributed by atoms with Gasteiger partial charge >= 0.3 is 0 Å². The van der Waals surface area contributed by atoms with Crippen molar-refractivity contribution in [1.29, 1.82) is 0 Å². The lowest BCUT2D eigenvalue weighted by molar-refractivity contribution is -0.119. The minimum absolute atomic E-state index is 0.154. The number of rotatable bonds is 6. The molecule has 0 bridgehead atoms. The van der Waals surface area contributed by atoms with Crippen LogP contribution in [0.3, 0.4) is 0 Å². The molecule has 2 heterocycles. The summed E-state index contributed by atoms with van der Waals surface area (Å²) in [6.07, 6.45) is 0. The molecule has 3 aromatic carbocycles. The van der Waals surface area contributed by atoms with Crippen molar-refractivity contribution in [3.8, 4) is 22.8 Å². The highest BCUT2D eigenvalue weighted by Crippen LogP contribution is 2.32. The van der Waals surface area contributed by atoms with Gasteiger partial charge in [-0.05, 0) is 36.8 Å². The van der Waals surface area contributed by atoms with Crippen LogP contribution in [-0.2, 0) is 4.79 Å². The van der Waals surface area contributed by atoms with Crippen LogP contribution < -0.4 is 10.6 Å². The van der Waals surface area contributed by atoms with E-state index in [0.29, 0.717) is 24.7 Å². The summed E-state index contributed by atoms with van der Waals surface area (Å²) in [5, 5.41) is 0. The second-order valence-corrected chi connectivity index (χ2v) is 8.92. The fraction of sp³-hybridized carbons (Fsp3) is 0.207. The molecule has 1 atom stereocenters. The third-order valence-corrected chi connectivity index (χ3v) is 6.64. The topological polar surface area (TPSA) is 92.7 Å². The van der Waals surface area contributed by atoms with Crippen molar-refractivity contribution in [1.82, 2.24) is 9.88 Å². The Labute approximate surface area is 210 Å². The van der Waals surface area contributed by atoms with Crippen LogP contribution in [0.4, 0.5) is 5.69 Å². The van der Waals surface area contributed by atoms with Crippen molar-refractivity contribution < 1.29 is 14.0 Å². The molecule has 0 saturated carbocycles. The largest absolute Gasteiger partial charge is 0.435 e. The van der Waals surface area contributed by atoms with Gasteiger partial charge in [0.05, 0.1) is 5.92 Å². The maximum absolute atomic E-state index is 13.7. The molecule has 0 aliphatic carbocycles. The van der Waals surface area contributed by atoms with Gasteiger partial charge in [0.15, 0.2) is 11.5 Å². The minimum Gasteiger partial charge on any atom is -0.435 e. The maximum atomic E-state index is 13.7. The molecule has 5 rings (SSSR count). The highest BCUT2D eigenvalue weighted by Gasteiger charge is 2.29. The quantitative estimate of drug-likeness (QED) is 0.437. The number of para-hydroxylation sites is 1. The zero-order valence-corrected chi connectivity index (χ0v) is 20.1. The van der Waals surface area contributed by atoms with Crippen LogP contribution in [-0.4, -0.2) is 47.9 Å². The van der Waals surface area contributed by atoms with E-state index in [2.05, 4.69) is 22.0 Å². The highest BCUT2D eigenvalue weighted by atomic mass is 16.4. The summed E-state index contributed by atoms with van der Waals surface area (Å²) in [6, 6.07) is 27.1. The molecule has 2 amide bonds. The fourth-order valence-corrected chi connectivity index (χ4v) is 4.41. The lowest BCUT2D eigenvalue weighted by atomic mass is 9.98. The Bertz CT molecular complexity index is 1340. The van der Waals surface area contributed by atoms with Crippen LogP contribution in [0.2, 0.25) is 0 Å². The Morgan fingerprint density at radius 2 is 1.44 bits per heavy atom. The summed E-state index contributed by atoms with van der Waals surface area (Å²) in [5.41, 5.74) is 9.22. The molecule has 182 valence electrons. The Kier molecular flexibility index (Phi) is 6.54. The molecular weight excluding hydrogens is 452 g/mol. The van der Waals surface area contributed by atoms with E-state index in [1.165, 1.54) is 0 Å². The average Bonchev–Trinajstić information content (AvgIpc) is 3.39. The number of nitrogens with two attached hydrogens (primary N) is 1. The van der Waals surface area contributed by atoms with Gasteiger partial charge in [0.1, 0.15) is 0 Å². The lowest BCUT2D eigenvalue weighted by Crippen LogP contribution is -2.49. The molecule has 1 aliphatic heterocycles. The summed E-state index contributed by atoms with van der Waals surface area (Å²) in [4.78, 5) is 34.0. The number of hydrogen-bond donors (Lipinski definition) is 1. The summed E-state index contributed by atoms with van der Waals surface area (Å²) >= 11 is 0. The zero-order valence-electron chi connectivity index (χ0n) is 20.1. The smallest absolute Gasteiger partial charge is 0.276 e. The Morgan fingerprint density at radius 3 is 2.06 bits per heavy atom. The SMILES string of the molecule is CC(C(N)=O)c1ccc(-c2oc(-c3ccccc3)nc2C(=O)N2CCN(c3ccccc3)CC2)cc1. The molecule has 36 heavy (non-hydrogen) atoms. The molecular formula is C29H28N4O3. The van der Waals surface area contributed by atoms with E-state index >= 15 is 0 Å². The third kappa shape index (κ3) is 4.73. The van der Waals surface area contributed by atoms with E-state index in [0.717, 1.165) is 35.5 Å². The van der Waals surface area contributed by atoms with Crippen LogP contribution in [0, 0.1) is 0 Å². The van der Waals surface area contributed by atoms with Crippen LogP contribution in [0.15, 0.2) is 89.3 Å². The van der Waals surface area contributed by atoms with Crippen LogP contribution in [0.1, 0.15) is 28.9 Å². The molecule has 2 N–H and O–H groups in total. The first kappa shape index (κ1) is 23.4. The number of aromatic nitrogens is 1. The molecule has 1 aromatic heterocycles. The number of primary amides is 1. The first-order chi connectivity index (χ1) is 17.5. The van der Waals surface area contributed by atoms with Gasteiger partial charge in [-0.1, -0.05) is 60.7 Å². The van der Waals surface area contributed by atoms with E-state index in [1.807, 2.05) is 77.7 Å². The van der Waals surface area contributed by atoms with Crippen LogP contribution in [0.25, 0.3) is 22.8 Å².